The third-order valence-corrected chi connectivity index (χ3v) is 6.03. The van der Waals surface area contributed by atoms with Gasteiger partial charge in [0.2, 0.25) is 5.91 Å². The molecule has 0 aromatic carbocycles. The van der Waals surface area contributed by atoms with Crippen LogP contribution >= 0.6 is 0 Å². The maximum Gasteiger partial charge on any atom is 0.228 e. The maximum atomic E-state index is 13.1. The van der Waals surface area contributed by atoms with E-state index in [1.54, 1.807) is 0 Å². The van der Waals surface area contributed by atoms with Gasteiger partial charge in [0.05, 0.1) is 6.42 Å². The predicted molar refractivity (Wildman–Crippen MR) is 140 cm³/mol. The van der Waals surface area contributed by atoms with Crippen LogP contribution in [-0.2, 0) is 4.79 Å². The molecule has 4 heteroatoms. The topological polar surface area (TPSA) is 44.7 Å². The van der Waals surface area contributed by atoms with E-state index in [0.29, 0.717) is 12.3 Å². The number of hydrogen-bond acceptors (Lipinski definition) is 3. The zero-order valence-electron chi connectivity index (χ0n) is 21.5. The lowest BCUT2D eigenvalue weighted by Crippen LogP contribution is -2.25. The van der Waals surface area contributed by atoms with E-state index >= 15 is 0 Å². The van der Waals surface area contributed by atoms with Crippen LogP contribution < -0.4 is 5.32 Å². The monoisotopic (exact) mass is 439 g/mol. The fourth-order valence-corrected chi connectivity index (χ4v) is 4.05. The van der Waals surface area contributed by atoms with E-state index in [0.717, 1.165) is 35.5 Å². The van der Waals surface area contributed by atoms with Gasteiger partial charge in [-0.05, 0) is 68.9 Å². The minimum atomic E-state index is 0.0121. The van der Waals surface area contributed by atoms with Crippen molar-refractivity contribution in [3.8, 4) is 0 Å². The Labute approximate surface area is 197 Å². The Hall–Kier alpha value is -2.36. The third-order valence-electron chi connectivity index (χ3n) is 6.03. The molecule has 1 aliphatic carbocycles. The Morgan fingerprint density at radius 1 is 1.12 bits per heavy atom. The van der Waals surface area contributed by atoms with Gasteiger partial charge in [0.1, 0.15) is 0 Å². The Morgan fingerprint density at radius 3 is 2.34 bits per heavy atom. The van der Waals surface area contributed by atoms with E-state index in [-0.39, 0.29) is 5.91 Å². The molecule has 0 saturated heterocycles. The van der Waals surface area contributed by atoms with Gasteiger partial charge >= 0.3 is 0 Å². The zero-order chi connectivity index (χ0) is 23.9. The predicted octanol–water partition coefficient (Wildman–Crippen LogP) is 6.74. The molecule has 178 valence electrons. The molecule has 32 heavy (non-hydrogen) atoms. The second-order valence-electron chi connectivity index (χ2n) is 8.70. The van der Waals surface area contributed by atoms with Crippen LogP contribution in [0.4, 0.5) is 0 Å². The van der Waals surface area contributed by atoms with Crippen molar-refractivity contribution in [2.75, 3.05) is 21.1 Å². The van der Waals surface area contributed by atoms with E-state index < -0.39 is 0 Å². The van der Waals surface area contributed by atoms with Gasteiger partial charge in [-0.15, -0.1) is 0 Å². The van der Waals surface area contributed by atoms with Gasteiger partial charge in [-0.3, -0.25) is 9.79 Å². The molecule has 0 heterocycles. The first-order chi connectivity index (χ1) is 15.4. The molecule has 1 amide bonds. The maximum absolute atomic E-state index is 13.1. The van der Waals surface area contributed by atoms with Gasteiger partial charge in [-0.2, -0.15) is 0 Å². The van der Waals surface area contributed by atoms with Crippen molar-refractivity contribution >= 4 is 11.6 Å². The second kappa shape index (κ2) is 15.4. The van der Waals surface area contributed by atoms with Crippen LogP contribution in [-0.4, -0.2) is 37.7 Å². The average Bonchev–Trinajstić information content (AvgIpc) is 2.79. The molecule has 4 nitrogen and oxygen atoms in total. The minimum Gasteiger partial charge on any atom is -0.377 e. The summed E-state index contributed by atoms with van der Waals surface area (Å²) in [7, 11) is 5.91. The number of aliphatic imine (C=N–C) groups is 1. The summed E-state index contributed by atoms with van der Waals surface area (Å²) in [4.78, 5) is 19.7. The summed E-state index contributed by atoms with van der Waals surface area (Å²) in [5.74, 6) is 0.556. The van der Waals surface area contributed by atoms with Crippen LogP contribution in [0.1, 0.15) is 79.1 Å². The number of carbonyl (C=O) groups is 1. The molecule has 1 fully saturated rings. The van der Waals surface area contributed by atoms with E-state index in [9.17, 15) is 4.79 Å². The summed E-state index contributed by atoms with van der Waals surface area (Å²) < 4.78 is 0. The van der Waals surface area contributed by atoms with Crippen LogP contribution in [0.3, 0.4) is 0 Å². The number of rotatable bonds is 11. The van der Waals surface area contributed by atoms with E-state index in [1.165, 1.54) is 37.7 Å². The van der Waals surface area contributed by atoms with Crippen molar-refractivity contribution < 1.29 is 4.79 Å². The van der Waals surface area contributed by atoms with Crippen molar-refractivity contribution in [1.82, 2.24) is 10.2 Å². The zero-order valence-corrected chi connectivity index (χ0v) is 21.5. The van der Waals surface area contributed by atoms with Gasteiger partial charge in [0, 0.05) is 44.2 Å². The number of nitrogens with one attached hydrogen (secondary N) is 1. The van der Waals surface area contributed by atoms with Crippen molar-refractivity contribution in [3.05, 3.63) is 59.0 Å². The molecule has 0 bridgehead atoms. The minimum absolute atomic E-state index is 0.0121. The molecule has 0 atom stereocenters. The fraction of sp³-hybridized carbons (Fsp3) is 0.571. The Morgan fingerprint density at radius 2 is 1.81 bits per heavy atom. The highest BCUT2D eigenvalue weighted by Gasteiger charge is 2.17. The Bertz CT molecular complexity index is 772. The molecule has 0 unspecified atom stereocenters. The molecule has 1 aliphatic rings. The van der Waals surface area contributed by atoms with Crippen LogP contribution in [0, 0.1) is 5.92 Å². The van der Waals surface area contributed by atoms with Gasteiger partial charge in [-0.25, -0.2) is 0 Å². The molecule has 0 aromatic heterocycles. The van der Waals surface area contributed by atoms with Gasteiger partial charge in [-0.1, -0.05) is 51.3 Å². The molecule has 0 spiro atoms. The summed E-state index contributed by atoms with van der Waals surface area (Å²) in [6, 6.07) is 0. The highest BCUT2D eigenvalue weighted by molar-refractivity contribution is 5.97. The largest absolute Gasteiger partial charge is 0.377 e. The summed E-state index contributed by atoms with van der Waals surface area (Å²) in [6.07, 6.45) is 20.9. The number of likely N-dealkylation sites (N-methyl/N-ethyl adjacent to an activating group) is 1. The fourth-order valence-electron chi connectivity index (χ4n) is 4.05. The Balaban J connectivity index is 3.03. The van der Waals surface area contributed by atoms with Crippen LogP contribution in [0.5, 0.6) is 0 Å². The third kappa shape index (κ3) is 9.42. The normalized spacial score (nSPS) is 17.8. The van der Waals surface area contributed by atoms with Crippen molar-refractivity contribution in [2.45, 2.75) is 79.1 Å². The van der Waals surface area contributed by atoms with Gasteiger partial charge in [0.15, 0.2) is 0 Å². The lowest BCUT2D eigenvalue weighted by Gasteiger charge is -2.22. The molecular formula is C28H45N3O. The quantitative estimate of drug-likeness (QED) is 0.286. The smallest absolute Gasteiger partial charge is 0.228 e. The molecular weight excluding hydrogens is 394 g/mol. The molecule has 0 radical (unpaired) electrons. The number of carbonyl (C=O) groups excluding carboxylic acids is 1. The van der Waals surface area contributed by atoms with Crippen molar-refractivity contribution in [3.63, 3.8) is 0 Å². The lowest BCUT2D eigenvalue weighted by molar-refractivity contribution is -0.119. The first-order valence-corrected chi connectivity index (χ1v) is 12.2. The second-order valence-corrected chi connectivity index (χ2v) is 8.70. The molecule has 0 aliphatic heterocycles. The summed E-state index contributed by atoms with van der Waals surface area (Å²) in [5, 5.41) is 3.18. The molecule has 1 N–H and O–H groups in total. The number of amides is 1. The SMILES string of the molecule is C\C=C/C=C(\C(=C\CC)CC(=O)NC(/C=C\C(=NC)C1CCCCC1)=C(/C)CC)N(C)C. The highest BCUT2D eigenvalue weighted by atomic mass is 16.1. The Kier molecular flexibility index (Phi) is 13.4. The standard InChI is InChI=1S/C28H45N3O/c1-8-11-18-27(31(6)7)24(15-9-2)21-28(32)30-25(22(4)10-3)19-20-26(29-5)23-16-13-12-14-17-23/h8,11,15,18-20,23H,9-10,12-14,16-17,21H2,1-7H3,(H,30,32)/b11-8-,20-19-,24-15+,25-22-,27-18+,29-26?. The van der Waals surface area contributed by atoms with Crippen LogP contribution in [0.25, 0.3) is 0 Å². The molecule has 1 saturated carbocycles. The molecule has 1 rings (SSSR count). The average molecular weight is 440 g/mol. The first-order valence-electron chi connectivity index (χ1n) is 12.2. The summed E-state index contributed by atoms with van der Waals surface area (Å²) in [5.41, 5.74) is 5.33. The van der Waals surface area contributed by atoms with Gasteiger partial charge < -0.3 is 10.2 Å². The first kappa shape index (κ1) is 27.7. The van der Waals surface area contributed by atoms with Crippen molar-refractivity contribution in [2.24, 2.45) is 10.9 Å². The highest BCUT2D eigenvalue weighted by Crippen LogP contribution is 2.25. The number of allylic oxidation sites excluding steroid dienone is 8. The summed E-state index contributed by atoms with van der Waals surface area (Å²) in [6.45, 7) is 8.31. The van der Waals surface area contributed by atoms with E-state index in [1.807, 2.05) is 40.2 Å². The number of nitrogens with zero attached hydrogens (tertiary/aromatic N) is 2. The lowest BCUT2D eigenvalue weighted by atomic mass is 9.85. The van der Waals surface area contributed by atoms with E-state index in [4.69, 9.17) is 0 Å². The van der Waals surface area contributed by atoms with E-state index in [2.05, 4.69) is 60.3 Å². The van der Waals surface area contributed by atoms with Crippen LogP contribution in [0.15, 0.2) is 64.0 Å². The van der Waals surface area contributed by atoms with Gasteiger partial charge in [0.25, 0.3) is 0 Å². The summed E-state index contributed by atoms with van der Waals surface area (Å²) >= 11 is 0. The van der Waals surface area contributed by atoms with Crippen LogP contribution in [0.2, 0.25) is 0 Å². The molecule has 0 aromatic rings. The van der Waals surface area contributed by atoms with Crippen molar-refractivity contribution in [1.29, 1.82) is 0 Å². The number of hydrogen-bond donors (Lipinski definition) is 1.